The van der Waals surface area contributed by atoms with Crippen LogP contribution in [0.3, 0.4) is 0 Å². The minimum atomic E-state index is -0.174. The van der Waals surface area contributed by atoms with Gasteiger partial charge in [0.1, 0.15) is 0 Å². The summed E-state index contributed by atoms with van der Waals surface area (Å²) in [6.45, 7) is 0.0794. The number of amides is 1. The van der Waals surface area contributed by atoms with Crippen LogP contribution in [0.1, 0.15) is 29.6 Å². The third-order valence-electron chi connectivity index (χ3n) is 3.86. The molecule has 1 unspecified atom stereocenters. The highest BCUT2D eigenvalue weighted by Gasteiger charge is 2.32. The van der Waals surface area contributed by atoms with Crippen LogP contribution in [0.4, 0.5) is 0 Å². The van der Waals surface area contributed by atoms with Gasteiger partial charge in [0.2, 0.25) is 0 Å². The first-order valence-electron chi connectivity index (χ1n) is 7.15. The zero-order valence-corrected chi connectivity index (χ0v) is 12.3. The summed E-state index contributed by atoms with van der Waals surface area (Å²) in [6, 6.07) is 7.18. The average molecular weight is 305 g/mol. The Labute approximate surface area is 128 Å². The number of carbonyl (C=O) groups is 1. The van der Waals surface area contributed by atoms with Crippen molar-refractivity contribution in [1.29, 1.82) is 0 Å². The molecule has 5 heteroatoms. The number of carbonyl (C=O) groups excluding carboxylic acids is 1. The maximum Gasteiger partial charge on any atom is 0.253 e. The molecule has 0 saturated heterocycles. The third kappa shape index (κ3) is 3.17. The van der Waals surface area contributed by atoms with Gasteiger partial charge in [0.15, 0.2) is 0 Å². The normalized spacial score (nSPS) is 15.9. The number of rotatable bonds is 5. The monoisotopic (exact) mass is 304 g/mol. The van der Waals surface area contributed by atoms with Gasteiger partial charge < -0.3 is 10.4 Å². The molecule has 0 spiro atoms. The van der Waals surface area contributed by atoms with Gasteiger partial charge in [0.25, 0.3) is 5.91 Å². The van der Waals surface area contributed by atoms with E-state index in [4.69, 9.17) is 16.7 Å². The molecule has 110 valence electrons. The summed E-state index contributed by atoms with van der Waals surface area (Å²) in [4.78, 5) is 16.8. The number of fused-ring (bicyclic) bond motifs is 1. The van der Waals surface area contributed by atoms with Crippen LogP contribution in [0.2, 0.25) is 5.02 Å². The molecule has 1 fully saturated rings. The fourth-order valence-electron chi connectivity index (χ4n) is 2.64. The Morgan fingerprint density at radius 1 is 1.48 bits per heavy atom. The van der Waals surface area contributed by atoms with Crippen LogP contribution in [0, 0.1) is 5.92 Å². The Kier molecular flexibility index (Phi) is 4.08. The summed E-state index contributed by atoms with van der Waals surface area (Å²) in [5.41, 5.74) is 1.14. The second-order valence-corrected chi connectivity index (χ2v) is 5.89. The van der Waals surface area contributed by atoms with Crippen LogP contribution >= 0.6 is 11.6 Å². The van der Waals surface area contributed by atoms with Crippen molar-refractivity contribution in [3.63, 3.8) is 0 Å². The summed E-state index contributed by atoms with van der Waals surface area (Å²) in [5, 5.41) is 13.5. The smallest absolute Gasteiger partial charge is 0.253 e. The molecule has 0 bridgehead atoms. The van der Waals surface area contributed by atoms with Crippen molar-refractivity contribution >= 4 is 28.4 Å². The van der Waals surface area contributed by atoms with Gasteiger partial charge in [-0.15, -0.1) is 0 Å². The van der Waals surface area contributed by atoms with E-state index in [1.165, 1.54) is 0 Å². The standard InChI is InChI=1S/C16H17ClN2O2/c17-12-8-11-2-1-6-18-15(11)13(9-12)16(21)19-14(5-7-20)10-3-4-10/h1-2,6,8-10,14,20H,3-5,7H2,(H,19,21). The van der Waals surface area contributed by atoms with Crippen LogP contribution in [-0.2, 0) is 0 Å². The van der Waals surface area contributed by atoms with E-state index in [1.54, 1.807) is 18.3 Å². The lowest BCUT2D eigenvalue weighted by molar-refractivity contribution is 0.0926. The number of pyridine rings is 1. The van der Waals surface area contributed by atoms with E-state index in [2.05, 4.69) is 10.3 Å². The van der Waals surface area contributed by atoms with E-state index in [-0.39, 0.29) is 18.6 Å². The van der Waals surface area contributed by atoms with Gasteiger partial charge in [-0.05, 0) is 43.4 Å². The molecule has 0 aliphatic heterocycles. The molecule has 1 heterocycles. The molecule has 1 amide bonds. The van der Waals surface area contributed by atoms with Crippen LogP contribution in [0.25, 0.3) is 10.9 Å². The van der Waals surface area contributed by atoms with Gasteiger partial charge in [-0.3, -0.25) is 9.78 Å². The van der Waals surface area contributed by atoms with Gasteiger partial charge in [-0.1, -0.05) is 17.7 Å². The predicted octanol–water partition coefficient (Wildman–Crippen LogP) is 2.78. The van der Waals surface area contributed by atoms with Crippen molar-refractivity contribution in [1.82, 2.24) is 10.3 Å². The van der Waals surface area contributed by atoms with Crippen molar-refractivity contribution in [2.24, 2.45) is 5.92 Å². The van der Waals surface area contributed by atoms with Crippen molar-refractivity contribution in [3.05, 3.63) is 41.0 Å². The molecule has 1 atom stereocenters. The Morgan fingerprint density at radius 3 is 3.00 bits per heavy atom. The number of hydrogen-bond acceptors (Lipinski definition) is 3. The van der Waals surface area contributed by atoms with E-state index in [9.17, 15) is 4.79 Å². The molecular formula is C16H17ClN2O2. The Morgan fingerprint density at radius 2 is 2.29 bits per heavy atom. The molecule has 1 aliphatic carbocycles. The first-order chi connectivity index (χ1) is 10.2. The molecule has 2 aromatic rings. The summed E-state index contributed by atoms with van der Waals surface area (Å²) >= 11 is 6.09. The Hall–Kier alpha value is -1.65. The lowest BCUT2D eigenvalue weighted by Gasteiger charge is -2.17. The molecule has 3 rings (SSSR count). The second-order valence-electron chi connectivity index (χ2n) is 5.46. The Balaban J connectivity index is 1.90. The minimum Gasteiger partial charge on any atom is -0.396 e. The van der Waals surface area contributed by atoms with Gasteiger partial charge in [0, 0.05) is 29.3 Å². The topological polar surface area (TPSA) is 62.2 Å². The number of nitrogens with one attached hydrogen (secondary N) is 1. The number of aliphatic hydroxyl groups is 1. The predicted molar refractivity (Wildman–Crippen MR) is 82.4 cm³/mol. The highest BCUT2D eigenvalue weighted by Crippen LogP contribution is 2.34. The van der Waals surface area contributed by atoms with Crippen molar-refractivity contribution < 1.29 is 9.90 Å². The maximum atomic E-state index is 12.5. The summed E-state index contributed by atoms with van der Waals surface area (Å²) in [6.07, 6.45) is 4.47. The largest absolute Gasteiger partial charge is 0.396 e. The lowest BCUT2D eigenvalue weighted by Crippen LogP contribution is -2.37. The van der Waals surface area contributed by atoms with E-state index in [0.717, 1.165) is 18.2 Å². The summed E-state index contributed by atoms with van der Waals surface area (Å²) < 4.78 is 0. The fraction of sp³-hybridized carbons (Fsp3) is 0.375. The van der Waals surface area contributed by atoms with Gasteiger partial charge in [0.05, 0.1) is 11.1 Å². The molecule has 2 N–H and O–H groups in total. The first kappa shape index (κ1) is 14.3. The van der Waals surface area contributed by atoms with Gasteiger partial charge in [-0.2, -0.15) is 0 Å². The SMILES string of the molecule is O=C(NC(CCO)C1CC1)c1cc(Cl)cc2cccnc12. The van der Waals surface area contributed by atoms with E-state index in [1.807, 2.05) is 12.1 Å². The Bertz CT molecular complexity index is 670. The quantitative estimate of drug-likeness (QED) is 0.893. The summed E-state index contributed by atoms with van der Waals surface area (Å²) in [5.74, 6) is 0.311. The van der Waals surface area contributed by atoms with Gasteiger partial charge in [-0.25, -0.2) is 0 Å². The molecule has 1 aromatic heterocycles. The zero-order valence-electron chi connectivity index (χ0n) is 11.6. The molecule has 0 radical (unpaired) electrons. The lowest BCUT2D eigenvalue weighted by atomic mass is 10.1. The summed E-state index contributed by atoms with van der Waals surface area (Å²) in [7, 11) is 0. The molecule has 4 nitrogen and oxygen atoms in total. The number of aliphatic hydroxyl groups excluding tert-OH is 1. The first-order valence-corrected chi connectivity index (χ1v) is 7.53. The maximum absolute atomic E-state index is 12.5. The number of hydrogen-bond donors (Lipinski definition) is 2. The fourth-order valence-corrected chi connectivity index (χ4v) is 2.87. The highest BCUT2D eigenvalue weighted by atomic mass is 35.5. The van der Waals surface area contributed by atoms with Crippen molar-refractivity contribution in [3.8, 4) is 0 Å². The molecule has 1 aromatic carbocycles. The van der Waals surface area contributed by atoms with E-state index >= 15 is 0 Å². The number of aromatic nitrogens is 1. The van der Waals surface area contributed by atoms with E-state index < -0.39 is 0 Å². The second kappa shape index (κ2) is 6.00. The van der Waals surface area contributed by atoms with Crippen LogP contribution in [-0.4, -0.2) is 28.6 Å². The van der Waals surface area contributed by atoms with E-state index in [0.29, 0.717) is 28.4 Å². The third-order valence-corrected chi connectivity index (χ3v) is 4.08. The minimum absolute atomic E-state index is 0.0280. The van der Waals surface area contributed by atoms with Gasteiger partial charge >= 0.3 is 0 Å². The van der Waals surface area contributed by atoms with Crippen LogP contribution in [0.5, 0.6) is 0 Å². The number of benzene rings is 1. The molecule has 1 aliphatic rings. The highest BCUT2D eigenvalue weighted by molar-refractivity contribution is 6.32. The van der Waals surface area contributed by atoms with Crippen LogP contribution < -0.4 is 5.32 Å². The number of halogens is 1. The van der Waals surface area contributed by atoms with Crippen molar-refractivity contribution in [2.45, 2.75) is 25.3 Å². The molecule has 1 saturated carbocycles. The van der Waals surface area contributed by atoms with Crippen LogP contribution in [0.15, 0.2) is 30.5 Å². The molecule has 21 heavy (non-hydrogen) atoms. The number of nitrogens with zero attached hydrogens (tertiary/aromatic N) is 1. The molecular weight excluding hydrogens is 288 g/mol. The zero-order chi connectivity index (χ0) is 14.8. The van der Waals surface area contributed by atoms with Crippen molar-refractivity contribution in [2.75, 3.05) is 6.61 Å². The average Bonchev–Trinajstić information content (AvgIpc) is 3.30.